The fraction of sp³-hybridized carbons (Fsp3) is 0.273. The van der Waals surface area contributed by atoms with E-state index in [0.717, 1.165) is 5.56 Å². The molecule has 2 amide bonds. The fourth-order valence-corrected chi connectivity index (χ4v) is 5.54. The summed E-state index contributed by atoms with van der Waals surface area (Å²) in [5.41, 5.74) is 1.77. The van der Waals surface area contributed by atoms with Crippen molar-refractivity contribution in [3.05, 3.63) is 71.3 Å². The van der Waals surface area contributed by atoms with Gasteiger partial charge in [-0.2, -0.15) is 4.31 Å². The minimum Gasteiger partial charge on any atom is -0.338 e. The van der Waals surface area contributed by atoms with E-state index in [1.807, 2.05) is 12.1 Å². The SMILES string of the molecule is C=C1c2ccccc2C(=O)N1C(C)C(=O)N1CCN(S(=O)(=O)c2ccc(Cl)cc2)CC1. The molecule has 0 aromatic heterocycles. The molecule has 2 aromatic rings. The van der Waals surface area contributed by atoms with Gasteiger partial charge >= 0.3 is 0 Å². The molecule has 9 heteroatoms. The maximum atomic E-state index is 13.1. The Morgan fingerprint density at radius 2 is 1.58 bits per heavy atom. The molecule has 2 aromatic carbocycles. The van der Waals surface area contributed by atoms with Gasteiger partial charge < -0.3 is 4.90 Å². The second-order valence-electron chi connectivity index (χ2n) is 7.53. The zero-order valence-corrected chi connectivity index (χ0v) is 18.6. The fourth-order valence-electron chi connectivity index (χ4n) is 3.99. The summed E-state index contributed by atoms with van der Waals surface area (Å²) in [7, 11) is -3.66. The van der Waals surface area contributed by atoms with Crippen LogP contribution in [0, 0.1) is 0 Å². The molecule has 0 radical (unpaired) electrons. The van der Waals surface area contributed by atoms with Crippen LogP contribution in [-0.4, -0.2) is 66.6 Å². The number of carbonyl (C=O) groups excluding carboxylic acids is 2. The number of halogens is 1. The predicted molar refractivity (Wildman–Crippen MR) is 118 cm³/mol. The Labute approximate surface area is 186 Å². The van der Waals surface area contributed by atoms with Crippen LogP contribution in [0.15, 0.2) is 60.0 Å². The van der Waals surface area contributed by atoms with Crippen LogP contribution in [0.4, 0.5) is 0 Å². The summed E-state index contributed by atoms with van der Waals surface area (Å²) >= 11 is 5.85. The minimum absolute atomic E-state index is 0.168. The van der Waals surface area contributed by atoms with Crippen LogP contribution < -0.4 is 0 Å². The van der Waals surface area contributed by atoms with E-state index < -0.39 is 16.1 Å². The third-order valence-electron chi connectivity index (χ3n) is 5.72. The van der Waals surface area contributed by atoms with Gasteiger partial charge in [-0.05, 0) is 37.3 Å². The lowest BCUT2D eigenvalue weighted by Crippen LogP contribution is -2.55. The predicted octanol–water partition coefficient (Wildman–Crippen LogP) is 2.69. The molecule has 7 nitrogen and oxygen atoms in total. The van der Waals surface area contributed by atoms with Gasteiger partial charge in [-0.15, -0.1) is 0 Å². The standard InChI is InChI=1S/C22H22ClN3O4S/c1-15-19-5-3-4-6-20(19)22(28)26(15)16(2)21(27)24-11-13-25(14-12-24)31(29,30)18-9-7-17(23)8-10-18/h3-10,16H,1,11-14H2,2H3. The van der Waals surface area contributed by atoms with E-state index in [4.69, 9.17) is 11.6 Å². The highest BCUT2D eigenvalue weighted by Gasteiger charge is 2.39. The molecule has 0 aliphatic carbocycles. The molecular formula is C22H22ClN3O4S. The lowest BCUT2D eigenvalue weighted by atomic mass is 10.1. The van der Waals surface area contributed by atoms with Gasteiger partial charge in [0, 0.05) is 48.0 Å². The number of benzene rings is 2. The summed E-state index contributed by atoms with van der Waals surface area (Å²) < 4.78 is 27.1. The average molecular weight is 460 g/mol. The Bertz CT molecular complexity index is 1120. The Balaban J connectivity index is 1.43. The molecule has 2 heterocycles. The Morgan fingerprint density at radius 1 is 1.00 bits per heavy atom. The summed E-state index contributed by atoms with van der Waals surface area (Å²) in [6.07, 6.45) is 0. The molecule has 1 saturated heterocycles. The molecule has 1 fully saturated rings. The number of hydrogen-bond acceptors (Lipinski definition) is 4. The van der Waals surface area contributed by atoms with Gasteiger partial charge in [0.15, 0.2) is 0 Å². The largest absolute Gasteiger partial charge is 0.338 e. The first-order valence-electron chi connectivity index (χ1n) is 9.88. The first-order valence-corrected chi connectivity index (χ1v) is 11.7. The van der Waals surface area contributed by atoms with Gasteiger partial charge in [0.1, 0.15) is 6.04 Å². The molecule has 162 valence electrons. The quantitative estimate of drug-likeness (QED) is 0.704. The molecule has 0 N–H and O–H groups in total. The Morgan fingerprint density at radius 3 is 2.16 bits per heavy atom. The van der Waals surface area contributed by atoms with Crippen LogP contribution in [0.2, 0.25) is 5.02 Å². The maximum absolute atomic E-state index is 13.1. The van der Waals surface area contributed by atoms with Gasteiger partial charge in [-0.3, -0.25) is 14.5 Å². The van der Waals surface area contributed by atoms with Crippen molar-refractivity contribution in [3.63, 3.8) is 0 Å². The lowest BCUT2D eigenvalue weighted by Gasteiger charge is -2.37. The highest BCUT2D eigenvalue weighted by Crippen LogP contribution is 2.33. The molecule has 1 unspecified atom stereocenters. The second-order valence-corrected chi connectivity index (χ2v) is 9.90. The van der Waals surface area contributed by atoms with Gasteiger partial charge in [-0.25, -0.2) is 8.42 Å². The highest BCUT2D eigenvalue weighted by molar-refractivity contribution is 7.89. The van der Waals surface area contributed by atoms with Crippen LogP contribution in [-0.2, 0) is 14.8 Å². The van der Waals surface area contributed by atoms with E-state index in [1.165, 1.54) is 33.5 Å². The molecule has 31 heavy (non-hydrogen) atoms. The topological polar surface area (TPSA) is 78.0 Å². The Hall–Kier alpha value is -2.68. The van der Waals surface area contributed by atoms with Crippen molar-refractivity contribution >= 4 is 39.1 Å². The van der Waals surface area contributed by atoms with Gasteiger partial charge in [-0.1, -0.05) is 36.4 Å². The average Bonchev–Trinajstić information content (AvgIpc) is 3.03. The molecule has 1 atom stereocenters. The number of fused-ring (bicyclic) bond motifs is 1. The van der Waals surface area contributed by atoms with Crippen molar-refractivity contribution in [1.29, 1.82) is 0 Å². The summed E-state index contributed by atoms with van der Waals surface area (Å²) in [4.78, 5) is 29.1. The zero-order chi connectivity index (χ0) is 22.3. The molecular weight excluding hydrogens is 438 g/mol. The first-order chi connectivity index (χ1) is 14.7. The van der Waals surface area contributed by atoms with Crippen LogP contribution in [0.5, 0.6) is 0 Å². The number of amides is 2. The number of piperazine rings is 1. The lowest BCUT2D eigenvalue weighted by molar-refractivity contribution is -0.135. The van der Waals surface area contributed by atoms with Crippen molar-refractivity contribution in [3.8, 4) is 0 Å². The van der Waals surface area contributed by atoms with Crippen LogP contribution >= 0.6 is 11.6 Å². The molecule has 4 rings (SSSR count). The number of hydrogen-bond donors (Lipinski definition) is 0. The molecule has 0 saturated carbocycles. The highest BCUT2D eigenvalue weighted by atomic mass is 35.5. The van der Waals surface area contributed by atoms with Crippen molar-refractivity contribution in [2.45, 2.75) is 17.9 Å². The molecule has 2 aliphatic rings. The van der Waals surface area contributed by atoms with E-state index >= 15 is 0 Å². The molecule has 2 aliphatic heterocycles. The van der Waals surface area contributed by atoms with Crippen molar-refractivity contribution in [2.75, 3.05) is 26.2 Å². The van der Waals surface area contributed by atoms with Crippen molar-refractivity contribution in [1.82, 2.24) is 14.1 Å². The number of carbonyl (C=O) groups is 2. The summed E-state index contributed by atoms with van der Waals surface area (Å²) in [5, 5.41) is 0.462. The van der Waals surface area contributed by atoms with Crippen molar-refractivity contribution < 1.29 is 18.0 Å². The van der Waals surface area contributed by atoms with E-state index in [2.05, 4.69) is 6.58 Å². The first kappa shape index (κ1) is 21.5. The maximum Gasteiger partial charge on any atom is 0.259 e. The van der Waals surface area contributed by atoms with E-state index in [0.29, 0.717) is 16.3 Å². The molecule has 0 bridgehead atoms. The second kappa shape index (κ2) is 8.11. The van der Waals surface area contributed by atoms with E-state index in [-0.39, 0.29) is 42.9 Å². The summed E-state index contributed by atoms with van der Waals surface area (Å²) in [6, 6.07) is 12.4. The number of rotatable bonds is 4. The van der Waals surface area contributed by atoms with E-state index in [1.54, 1.807) is 24.0 Å². The zero-order valence-electron chi connectivity index (χ0n) is 17.0. The van der Waals surface area contributed by atoms with Crippen LogP contribution in [0.3, 0.4) is 0 Å². The third kappa shape index (κ3) is 3.75. The minimum atomic E-state index is -3.66. The van der Waals surface area contributed by atoms with E-state index in [9.17, 15) is 18.0 Å². The van der Waals surface area contributed by atoms with Gasteiger partial charge in [0.05, 0.1) is 4.90 Å². The number of sulfonamides is 1. The molecule has 0 spiro atoms. The van der Waals surface area contributed by atoms with Crippen LogP contribution in [0.1, 0.15) is 22.8 Å². The normalized spacial score (nSPS) is 18.3. The monoisotopic (exact) mass is 459 g/mol. The Kier molecular flexibility index (Phi) is 5.63. The smallest absolute Gasteiger partial charge is 0.259 e. The summed E-state index contributed by atoms with van der Waals surface area (Å²) in [6.45, 7) is 6.53. The van der Waals surface area contributed by atoms with Crippen LogP contribution in [0.25, 0.3) is 5.70 Å². The third-order valence-corrected chi connectivity index (χ3v) is 7.89. The number of nitrogens with zero attached hydrogens (tertiary/aromatic N) is 3. The van der Waals surface area contributed by atoms with Gasteiger partial charge in [0.25, 0.3) is 5.91 Å². The van der Waals surface area contributed by atoms with Gasteiger partial charge in [0.2, 0.25) is 15.9 Å². The summed E-state index contributed by atoms with van der Waals surface area (Å²) in [5.74, 6) is -0.476. The van der Waals surface area contributed by atoms with Crippen molar-refractivity contribution in [2.24, 2.45) is 0 Å².